The Kier molecular flexibility index (Phi) is 19.1. The quantitative estimate of drug-likeness (QED) is 0.0451. The molecule has 0 amide bonds. The number of ether oxygens (including phenoxy) is 11. The minimum absolute atomic E-state index is 0.110. The predicted octanol–water partition coefficient (Wildman–Crippen LogP) is -3.78. The largest absolute Gasteiger partial charge is 0.457 e. The van der Waals surface area contributed by atoms with Gasteiger partial charge in [-0.15, -0.1) is 0 Å². The first-order chi connectivity index (χ1) is 40.7. The van der Waals surface area contributed by atoms with E-state index in [1.165, 1.54) is 6.92 Å². The van der Waals surface area contributed by atoms with Crippen LogP contribution >= 0.6 is 0 Å². The smallest absolute Gasteiger partial charge is 0.317 e. The third-order valence-electron chi connectivity index (χ3n) is 22.8. The third kappa shape index (κ3) is 11.2. The van der Waals surface area contributed by atoms with Crippen LogP contribution in [0.15, 0.2) is 11.6 Å². The van der Waals surface area contributed by atoms with E-state index in [4.69, 9.17) is 52.1 Å². The number of allylic oxidation sites excluding steroid dienone is 2. The summed E-state index contributed by atoms with van der Waals surface area (Å²) in [6.45, 7) is 11.4. The van der Waals surface area contributed by atoms with Crippen molar-refractivity contribution in [2.75, 3.05) is 39.6 Å². The first-order valence-corrected chi connectivity index (χ1v) is 30.6. The molecule has 9 fully saturated rings. The third-order valence-corrected chi connectivity index (χ3v) is 22.8. The van der Waals surface area contributed by atoms with E-state index in [2.05, 4.69) is 40.7 Å². The lowest BCUT2D eigenvalue weighted by Crippen LogP contribution is -2.70. The molecule has 28 heteroatoms. The van der Waals surface area contributed by atoms with E-state index in [0.717, 1.165) is 12.5 Å². The lowest BCUT2D eigenvalue weighted by molar-refractivity contribution is -0.372. The fourth-order valence-corrected chi connectivity index (χ4v) is 17.7. The number of hydrogen-bond donors (Lipinski definition) is 15. The summed E-state index contributed by atoms with van der Waals surface area (Å²) >= 11 is 0. The van der Waals surface area contributed by atoms with E-state index in [1.807, 2.05) is 6.92 Å². The van der Waals surface area contributed by atoms with Crippen molar-refractivity contribution in [2.45, 2.75) is 254 Å². The molecule has 0 aromatic carbocycles. The summed E-state index contributed by atoms with van der Waals surface area (Å²) in [6.07, 6.45) is -31.6. The van der Waals surface area contributed by atoms with Gasteiger partial charge in [0.15, 0.2) is 37.4 Å². The fourth-order valence-electron chi connectivity index (χ4n) is 17.7. The van der Waals surface area contributed by atoms with Crippen molar-refractivity contribution in [3.8, 4) is 0 Å². The number of carbonyl (C=O) groups excluding carboxylic acids is 2. The average molecular weight is 1250 g/mol. The zero-order valence-electron chi connectivity index (χ0n) is 50.5. The van der Waals surface area contributed by atoms with E-state index in [9.17, 15) is 81.4 Å². The lowest BCUT2D eigenvalue weighted by atomic mass is 9.33. The maximum atomic E-state index is 15.5. The molecule has 4 saturated carbocycles. The van der Waals surface area contributed by atoms with E-state index < -0.39 is 231 Å². The SMILES string of the molecule is CC(=O)O[C@H]1C(O)[C@H](O[C@H]2[C@H](OC(=O)[C@]34CCC(C)(C)C[C@H]3C3=CC[C@@H]5[C@@]6(C)C[C@H](O)[C@H](O[C@@H]7O[C@H](CO)[C@@H](O)[C@H](O)[C@H]7O)C(C)(CO)[C@@H]6CC[C@@]5(C)[C@]3(C)C[C@H]4O)OC[C@H](O)[C@@H]2O)O[C@@H](C)[C@@H]1O[C@@H]1OC[C@@H](O)[C@H](O[C@@H]2OC[C@](O)(CO)[C@H]2O)[C@H]1O. The number of rotatable bonds is 14. The highest BCUT2D eigenvalue weighted by atomic mass is 16.8. The summed E-state index contributed by atoms with van der Waals surface area (Å²) in [4.78, 5) is 28.2. The second kappa shape index (κ2) is 24.6. The Morgan fingerprint density at radius 1 is 0.609 bits per heavy atom. The molecule has 5 heterocycles. The monoisotopic (exact) mass is 1250 g/mol. The van der Waals surface area contributed by atoms with Crippen molar-refractivity contribution in [1.82, 2.24) is 0 Å². The van der Waals surface area contributed by atoms with Crippen LogP contribution in [0.3, 0.4) is 0 Å². The van der Waals surface area contributed by atoms with Crippen molar-refractivity contribution in [1.29, 1.82) is 0 Å². The highest BCUT2D eigenvalue weighted by molar-refractivity contribution is 5.80. The van der Waals surface area contributed by atoms with Gasteiger partial charge in [-0.25, -0.2) is 0 Å². The van der Waals surface area contributed by atoms with Crippen molar-refractivity contribution in [2.24, 2.45) is 50.2 Å². The van der Waals surface area contributed by atoms with Gasteiger partial charge in [-0.1, -0.05) is 53.2 Å². The lowest BCUT2D eigenvalue weighted by Gasteiger charge is -2.72. The molecule has 2 unspecified atom stereocenters. The molecule has 0 aromatic heterocycles. The Morgan fingerprint density at radius 3 is 1.91 bits per heavy atom. The summed E-state index contributed by atoms with van der Waals surface area (Å²) < 4.78 is 64.8. The summed E-state index contributed by atoms with van der Waals surface area (Å²) in [7, 11) is 0. The Hall–Kier alpha value is -2.28. The van der Waals surface area contributed by atoms with Crippen LogP contribution in [0.4, 0.5) is 0 Å². The molecule has 32 atom stereocenters. The zero-order chi connectivity index (χ0) is 63.6. The van der Waals surface area contributed by atoms with Crippen LogP contribution in [0.2, 0.25) is 0 Å². The highest BCUT2D eigenvalue weighted by Crippen LogP contribution is 2.76. The molecule has 0 radical (unpaired) electrons. The van der Waals surface area contributed by atoms with Gasteiger partial charge in [-0.05, 0) is 97.7 Å². The van der Waals surface area contributed by atoms with Gasteiger partial charge in [0.1, 0.15) is 84.3 Å². The molecule has 5 aliphatic carbocycles. The van der Waals surface area contributed by atoms with Crippen LogP contribution in [-0.4, -0.2) is 275 Å². The van der Waals surface area contributed by atoms with Gasteiger partial charge in [0, 0.05) is 12.3 Å². The maximum Gasteiger partial charge on any atom is 0.317 e. The van der Waals surface area contributed by atoms with Crippen molar-refractivity contribution >= 4 is 11.9 Å². The summed E-state index contributed by atoms with van der Waals surface area (Å²) in [5, 5.41) is 166. The Morgan fingerprint density at radius 2 is 1.25 bits per heavy atom. The first-order valence-electron chi connectivity index (χ1n) is 30.6. The normalized spacial score (nSPS) is 54.0. The Balaban J connectivity index is 0.877. The minimum atomic E-state index is -2.09. The number of fused-ring (bicyclic) bond motifs is 7. The van der Waals surface area contributed by atoms with Crippen molar-refractivity contribution < 1.29 is 138 Å². The summed E-state index contributed by atoms with van der Waals surface area (Å²) in [5.74, 6) is -2.80. The molecular weight excluding hydrogens is 1160 g/mol. The highest BCUT2D eigenvalue weighted by Gasteiger charge is 2.73. The van der Waals surface area contributed by atoms with E-state index >= 15 is 4.79 Å². The van der Waals surface area contributed by atoms with Crippen LogP contribution in [0.5, 0.6) is 0 Å². The van der Waals surface area contributed by atoms with Crippen LogP contribution < -0.4 is 0 Å². The van der Waals surface area contributed by atoms with E-state index in [1.54, 1.807) is 0 Å². The molecule has 498 valence electrons. The van der Waals surface area contributed by atoms with Crippen LogP contribution in [0, 0.1) is 50.2 Å². The number of hydrogen-bond acceptors (Lipinski definition) is 28. The summed E-state index contributed by atoms with van der Waals surface area (Å²) in [5.41, 5.74) is -6.17. The maximum absolute atomic E-state index is 15.5. The van der Waals surface area contributed by atoms with Crippen LogP contribution in [0.25, 0.3) is 0 Å². The number of carbonyl (C=O) groups is 2. The molecule has 15 N–H and O–H groups in total. The van der Waals surface area contributed by atoms with Gasteiger partial charge in [-0.3, -0.25) is 9.59 Å². The standard InChI is InChI=1S/C59H94O28/c1-24-41(83-47-39(72)42(30(66)20-77-47)84-51-45(74)58(76,22-62)23-79-51)43(81-25(2)63)40(73)49(80-24)85-44-35(68)29(65)19-78-50(44)87-52(75)59-14-13-53(3,4)15-27(59)26-9-10-33-54(5)16-28(64)46(86-48-38(71)37(70)36(69)31(18-60)82-48)55(6,21-61)32(54)11-12-56(33,7)57(26,8)17-34(59)67/h9,24,27-51,60-62,64-74,76H,10-23H2,1-8H3/t24-,27-,28-,29-,30+,31+,32+,33+,34+,35-,36+,37-,38+,39+,40?,41-,42-,43-,44+,45-,46-,47-,48-,49-,50-,51-,54-,55?,56+,57+,58+,59+/m0/s1. The first kappa shape index (κ1) is 67.6. The van der Waals surface area contributed by atoms with Gasteiger partial charge in [-0.2, -0.15) is 0 Å². The molecule has 5 saturated heterocycles. The van der Waals surface area contributed by atoms with Crippen LogP contribution in [-0.2, 0) is 61.7 Å². The van der Waals surface area contributed by atoms with Gasteiger partial charge >= 0.3 is 11.9 Å². The Labute approximate surface area is 504 Å². The van der Waals surface area contributed by atoms with Crippen molar-refractivity contribution in [3.63, 3.8) is 0 Å². The Bertz CT molecular complexity index is 2490. The molecular formula is C59H94O28. The number of aliphatic hydroxyl groups excluding tert-OH is 14. The fraction of sp³-hybridized carbons (Fsp3) is 0.932. The summed E-state index contributed by atoms with van der Waals surface area (Å²) in [6, 6.07) is 0. The zero-order valence-corrected chi connectivity index (χ0v) is 50.5. The molecule has 10 rings (SSSR count). The van der Waals surface area contributed by atoms with Gasteiger partial charge in [0.25, 0.3) is 0 Å². The topological polar surface area (TPSA) is 439 Å². The second-order valence-electron chi connectivity index (χ2n) is 28.6. The number of aliphatic hydroxyl groups is 15. The molecule has 87 heavy (non-hydrogen) atoms. The average Bonchev–Trinajstić information content (AvgIpc) is 0.895. The minimum Gasteiger partial charge on any atom is -0.457 e. The van der Waals surface area contributed by atoms with Gasteiger partial charge in [0.2, 0.25) is 6.29 Å². The van der Waals surface area contributed by atoms with Gasteiger partial charge in [0.05, 0.1) is 64.1 Å². The predicted molar refractivity (Wildman–Crippen MR) is 290 cm³/mol. The number of esters is 2. The van der Waals surface area contributed by atoms with Gasteiger partial charge < -0.3 is 129 Å². The molecule has 0 bridgehead atoms. The van der Waals surface area contributed by atoms with Crippen molar-refractivity contribution in [3.05, 3.63) is 11.6 Å². The molecule has 0 aromatic rings. The molecule has 28 nitrogen and oxygen atoms in total. The van der Waals surface area contributed by atoms with E-state index in [0.29, 0.717) is 32.1 Å². The molecule has 10 aliphatic rings. The van der Waals surface area contributed by atoms with Crippen LogP contribution in [0.1, 0.15) is 107 Å². The molecule has 5 aliphatic heterocycles. The van der Waals surface area contributed by atoms with E-state index in [-0.39, 0.29) is 36.5 Å². The molecule has 0 spiro atoms. The second-order valence-corrected chi connectivity index (χ2v) is 28.6.